The minimum absolute atomic E-state index is 0.0207. The van der Waals surface area contributed by atoms with Crippen molar-refractivity contribution in [3.05, 3.63) is 75.8 Å². The second-order valence-electron chi connectivity index (χ2n) is 7.95. The summed E-state index contributed by atoms with van der Waals surface area (Å²) in [7, 11) is 0. The van der Waals surface area contributed by atoms with Gasteiger partial charge in [0.1, 0.15) is 13.2 Å². The minimum atomic E-state index is -1.88. The Morgan fingerprint density at radius 2 is 1.73 bits per heavy atom. The van der Waals surface area contributed by atoms with E-state index in [9.17, 15) is 34.4 Å². The van der Waals surface area contributed by atoms with Gasteiger partial charge >= 0.3 is 12.1 Å². The van der Waals surface area contributed by atoms with Gasteiger partial charge in [0.05, 0.1) is 16.7 Å². The summed E-state index contributed by atoms with van der Waals surface area (Å²) in [5, 5.41) is 22.5. The second kappa shape index (κ2) is 13.4. The molecule has 0 radical (unpaired) electrons. The number of nitro benzene ring substituents is 1. The predicted molar refractivity (Wildman–Crippen MR) is 131 cm³/mol. The monoisotopic (exact) mass is 531 g/mol. The van der Waals surface area contributed by atoms with Crippen LogP contribution in [0, 0.1) is 10.1 Å². The lowest BCUT2D eigenvalue weighted by Gasteiger charge is -2.41. The number of benzene rings is 2. The molecule has 0 bridgehead atoms. The number of ether oxygens (including phenoxy) is 2. The average Bonchev–Trinajstić information content (AvgIpc) is 2.88. The number of aliphatic hydroxyl groups is 1. The van der Waals surface area contributed by atoms with Gasteiger partial charge < -0.3 is 19.9 Å². The Morgan fingerprint density at radius 3 is 2.38 bits per heavy atom. The number of non-ortho nitro benzene ring substituents is 1. The first kappa shape index (κ1) is 27.6. The summed E-state index contributed by atoms with van der Waals surface area (Å²) >= 11 is 0.820. The number of hydrogen-bond acceptors (Lipinski definition) is 10. The van der Waals surface area contributed by atoms with E-state index in [1.165, 1.54) is 24.3 Å². The third-order valence-electron chi connectivity index (χ3n) is 5.26. The molecule has 1 aliphatic heterocycles. The van der Waals surface area contributed by atoms with Crippen molar-refractivity contribution in [1.29, 1.82) is 0 Å². The van der Waals surface area contributed by atoms with Crippen molar-refractivity contribution < 1.29 is 38.7 Å². The molecule has 2 aromatic rings. The normalized spacial score (nSPS) is 15.3. The summed E-state index contributed by atoms with van der Waals surface area (Å²) in [5.74, 6) is -1.59. The highest BCUT2D eigenvalue weighted by Crippen LogP contribution is 2.32. The number of aliphatic hydroxyl groups excluding tert-OH is 1. The first-order valence-electron chi connectivity index (χ1n) is 11.3. The molecule has 2 atom stereocenters. The summed E-state index contributed by atoms with van der Waals surface area (Å²) in [4.78, 5) is 59.2. The zero-order chi connectivity index (χ0) is 26.8. The van der Waals surface area contributed by atoms with Crippen molar-refractivity contribution in [2.24, 2.45) is 0 Å². The number of amides is 2. The molecule has 1 unspecified atom stereocenters. The molecule has 1 saturated heterocycles. The van der Waals surface area contributed by atoms with Crippen LogP contribution in [0.25, 0.3) is 0 Å². The molecule has 0 saturated carbocycles. The van der Waals surface area contributed by atoms with E-state index in [4.69, 9.17) is 9.47 Å². The van der Waals surface area contributed by atoms with Crippen molar-refractivity contribution in [1.82, 2.24) is 10.2 Å². The van der Waals surface area contributed by atoms with E-state index < -0.39 is 34.5 Å². The van der Waals surface area contributed by atoms with Gasteiger partial charge in [-0.15, -0.1) is 0 Å². The highest BCUT2D eigenvalue weighted by Gasteiger charge is 2.45. The molecule has 37 heavy (non-hydrogen) atoms. The number of nitro groups is 1. The molecule has 1 aliphatic rings. The Kier molecular flexibility index (Phi) is 9.98. The van der Waals surface area contributed by atoms with Gasteiger partial charge in [-0.25, -0.2) is 9.59 Å². The summed E-state index contributed by atoms with van der Waals surface area (Å²) in [5.41, 5.74) is 1.19. The van der Waals surface area contributed by atoms with E-state index in [0.717, 1.165) is 22.2 Å². The van der Waals surface area contributed by atoms with E-state index in [-0.39, 0.29) is 43.4 Å². The third kappa shape index (κ3) is 8.29. The van der Waals surface area contributed by atoms with E-state index in [2.05, 4.69) is 5.32 Å². The van der Waals surface area contributed by atoms with E-state index in [0.29, 0.717) is 12.0 Å². The van der Waals surface area contributed by atoms with Crippen LogP contribution >= 0.6 is 11.8 Å². The van der Waals surface area contributed by atoms with Gasteiger partial charge in [0, 0.05) is 25.1 Å². The average molecular weight is 532 g/mol. The number of β-lactam (4-membered cyclic amide) rings is 1. The van der Waals surface area contributed by atoms with Crippen LogP contribution in [0.1, 0.15) is 30.4 Å². The molecule has 0 aliphatic carbocycles. The van der Waals surface area contributed by atoms with E-state index in [1.54, 1.807) is 0 Å². The van der Waals surface area contributed by atoms with Gasteiger partial charge in [-0.2, -0.15) is 0 Å². The molecule has 196 valence electrons. The number of carbonyl (C=O) groups excluding carboxylic acids is 4. The molecule has 0 spiro atoms. The lowest BCUT2D eigenvalue weighted by Crippen LogP contribution is -2.59. The standard InChI is InChI=1S/C24H25N3O9S/c28-19-13-20(26(19)22(30)23(31)35-14-17-8-10-18(11-9-17)27(33)34)37-21(29)7-4-12-25-24(32)36-15-16-5-2-1-3-6-16/h1-3,5-6,8-11,20,22,30H,4,7,12-15H2,(H,25,32)/t20-,22?/m0/s1. The highest BCUT2D eigenvalue weighted by atomic mass is 32.2. The predicted octanol–water partition coefficient (Wildman–Crippen LogP) is 2.48. The zero-order valence-electron chi connectivity index (χ0n) is 19.6. The third-order valence-corrected chi connectivity index (χ3v) is 6.39. The van der Waals surface area contributed by atoms with Gasteiger partial charge in [-0.3, -0.25) is 24.6 Å². The molecule has 2 amide bonds. The molecule has 1 heterocycles. The number of esters is 1. The zero-order valence-corrected chi connectivity index (χ0v) is 20.4. The number of nitrogens with zero attached hydrogens (tertiary/aromatic N) is 2. The lowest BCUT2D eigenvalue weighted by molar-refractivity contribution is -0.384. The molecule has 12 nitrogen and oxygen atoms in total. The Labute approximate surface area is 216 Å². The number of rotatable bonds is 12. The van der Waals surface area contributed by atoms with Crippen LogP contribution in [-0.2, 0) is 37.1 Å². The fourth-order valence-corrected chi connectivity index (χ4v) is 4.40. The summed E-state index contributed by atoms with van der Waals surface area (Å²) in [6, 6.07) is 14.5. The van der Waals surface area contributed by atoms with Crippen LogP contribution < -0.4 is 5.32 Å². The quantitative estimate of drug-likeness (QED) is 0.137. The molecule has 13 heteroatoms. The van der Waals surface area contributed by atoms with Crippen molar-refractivity contribution in [3.8, 4) is 0 Å². The fraction of sp³-hybridized carbons (Fsp3) is 0.333. The largest absolute Gasteiger partial charge is 0.457 e. The number of thioether (sulfide) groups is 1. The Hall–Kier alpha value is -3.97. The summed E-state index contributed by atoms with van der Waals surface area (Å²) < 4.78 is 10.1. The second-order valence-corrected chi connectivity index (χ2v) is 9.18. The number of nitrogens with one attached hydrogen (secondary N) is 1. The van der Waals surface area contributed by atoms with E-state index in [1.807, 2.05) is 30.3 Å². The number of carbonyl (C=O) groups is 4. The smallest absolute Gasteiger partial charge is 0.407 e. The maximum atomic E-state index is 12.3. The molecular formula is C24H25N3O9S. The maximum absolute atomic E-state index is 12.3. The first-order chi connectivity index (χ1) is 17.7. The summed E-state index contributed by atoms with van der Waals surface area (Å²) in [6.07, 6.45) is -2.07. The van der Waals surface area contributed by atoms with Crippen molar-refractivity contribution in [2.45, 2.75) is 44.1 Å². The topological polar surface area (TPSA) is 165 Å². The van der Waals surface area contributed by atoms with Gasteiger partial charge in [0.15, 0.2) is 5.12 Å². The summed E-state index contributed by atoms with van der Waals surface area (Å²) in [6.45, 7) is 0.0872. The van der Waals surface area contributed by atoms with Crippen LogP contribution in [0.15, 0.2) is 54.6 Å². The SMILES string of the molecule is O=C(NCCCC(=O)S[C@H]1CC(=O)N1C(O)C(=O)OCc1ccc([N+](=O)[O-])cc1)OCc1ccccc1. The lowest BCUT2D eigenvalue weighted by atomic mass is 10.2. The van der Waals surface area contributed by atoms with Gasteiger partial charge in [0.2, 0.25) is 12.1 Å². The van der Waals surface area contributed by atoms with Crippen LogP contribution in [-0.4, -0.2) is 56.2 Å². The van der Waals surface area contributed by atoms with Gasteiger partial charge in [0.25, 0.3) is 5.69 Å². The van der Waals surface area contributed by atoms with E-state index >= 15 is 0 Å². The van der Waals surface area contributed by atoms with Crippen LogP contribution in [0.4, 0.5) is 10.5 Å². The van der Waals surface area contributed by atoms with Crippen molar-refractivity contribution in [2.75, 3.05) is 6.54 Å². The van der Waals surface area contributed by atoms with Crippen LogP contribution in [0.2, 0.25) is 0 Å². The molecular weight excluding hydrogens is 506 g/mol. The number of likely N-dealkylation sites (tertiary alicyclic amines) is 1. The Bertz CT molecular complexity index is 1130. The number of hydrogen-bond donors (Lipinski definition) is 2. The minimum Gasteiger partial charge on any atom is -0.457 e. The fourth-order valence-electron chi connectivity index (χ4n) is 3.26. The first-order valence-corrected chi connectivity index (χ1v) is 12.2. The molecule has 1 fully saturated rings. The van der Waals surface area contributed by atoms with Gasteiger partial charge in [-0.1, -0.05) is 42.1 Å². The number of alkyl carbamates (subject to hydrolysis) is 1. The molecule has 2 N–H and O–H groups in total. The van der Waals surface area contributed by atoms with Gasteiger partial charge in [-0.05, 0) is 29.7 Å². The molecule has 2 aromatic carbocycles. The van der Waals surface area contributed by atoms with Crippen molar-refractivity contribution >= 4 is 40.5 Å². The molecule has 3 rings (SSSR count). The van der Waals surface area contributed by atoms with Crippen LogP contribution in [0.3, 0.4) is 0 Å². The van der Waals surface area contributed by atoms with Crippen LogP contribution in [0.5, 0.6) is 0 Å². The van der Waals surface area contributed by atoms with Crippen molar-refractivity contribution in [3.63, 3.8) is 0 Å². The maximum Gasteiger partial charge on any atom is 0.407 e. The highest BCUT2D eigenvalue weighted by molar-refractivity contribution is 8.14. The Balaban J connectivity index is 1.34. The Morgan fingerprint density at radius 1 is 1.08 bits per heavy atom. The molecule has 0 aromatic heterocycles.